The average Bonchev–Trinajstić information content (AvgIpc) is 2.93. The molecule has 1 saturated heterocycles. The van der Waals surface area contributed by atoms with Crippen LogP contribution in [0.2, 0.25) is 0 Å². The van der Waals surface area contributed by atoms with E-state index >= 15 is 0 Å². The summed E-state index contributed by atoms with van der Waals surface area (Å²) >= 11 is 0. The number of nitrogens with one attached hydrogen (secondary N) is 1. The molecule has 1 aromatic heterocycles. The maximum atomic E-state index is 14.4. The first-order valence-corrected chi connectivity index (χ1v) is 8.57. The number of nitrogens with zero attached hydrogens (tertiary/aromatic N) is 4. The molecule has 1 unspecified atom stereocenters. The molecule has 1 N–H and O–H groups in total. The van der Waals surface area contributed by atoms with Gasteiger partial charge in [-0.25, -0.2) is 13.5 Å². The summed E-state index contributed by atoms with van der Waals surface area (Å²) in [6.07, 6.45) is 0.214. The van der Waals surface area contributed by atoms with Crippen molar-refractivity contribution in [3.8, 4) is 0 Å². The molecular formula is C17H21F2N5O3. The number of hydrogen-bond acceptors (Lipinski definition) is 6. The molecule has 8 nitrogen and oxygen atoms in total. The van der Waals surface area contributed by atoms with E-state index < -0.39 is 29.9 Å². The number of anilines is 1. The highest BCUT2D eigenvalue weighted by atomic mass is 19.3. The van der Waals surface area contributed by atoms with Gasteiger partial charge in [0.25, 0.3) is 5.92 Å². The Morgan fingerprint density at radius 1 is 1.41 bits per heavy atom. The Kier molecular flexibility index (Phi) is 5.66. The van der Waals surface area contributed by atoms with Crippen molar-refractivity contribution in [1.29, 1.82) is 0 Å². The van der Waals surface area contributed by atoms with Gasteiger partial charge in [0.1, 0.15) is 6.20 Å². The highest BCUT2D eigenvalue weighted by Crippen LogP contribution is 2.34. The number of hydrogen-bond donors (Lipinski definition) is 1. The van der Waals surface area contributed by atoms with Crippen molar-refractivity contribution in [2.45, 2.75) is 31.4 Å². The third-order valence-electron chi connectivity index (χ3n) is 4.42. The maximum absolute atomic E-state index is 14.4. The lowest BCUT2D eigenvalue weighted by molar-refractivity contribution is -0.384. The van der Waals surface area contributed by atoms with Crippen molar-refractivity contribution in [2.75, 3.05) is 18.0 Å². The summed E-state index contributed by atoms with van der Waals surface area (Å²) < 4.78 is 30.1. The normalized spacial score (nSPS) is 19.7. The van der Waals surface area contributed by atoms with Crippen LogP contribution in [-0.4, -0.2) is 39.8 Å². The van der Waals surface area contributed by atoms with Gasteiger partial charge >= 0.3 is 5.69 Å². The van der Waals surface area contributed by atoms with Gasteiger partial charge in [0, 0.05) is 26.6 Å². The summed E-state index contributed by atoms with van der Waals surface area (Å²) in [6, 6.07) is 9.47. The van der Waals surface area contributed by atoms with Crippen LogP contribution in [0.25, 0.3) is 0 Å². The van der Waals surface area contributed by atoms with E-state index in [1.54, 1.807) is 0 Å². The van der Waals surface area contributed by atoms with Crippen molar-refractivity contribution in [2.24, 2.45) is 7.05 Å². The molecule has 27 heavy (non-hydrogen) atoms. The van der Waals surface area contributed by atoms with E-state index in [0.717, 1.165) is 11.8 Å². The summed E-state index contributed by atoms with van der Waals surface area (Å²) in [5, 5.41) is 15.0. The average molecular weight is 381 g/mol. The SMILES string of the molecule is Cn1ncc([N+](=O)[O-])c1N1CCC(ONCc2ccccc2)CC(F)(F)C1. The van der Waals surface area contributed by atoms with Gasteiger partial charge in [-0.2, -0.15) is 10.6 Å². The van der Waals surface area contributed by atoms with Gasteiger partial charge in [0.2, 0.25) is 5.82 Å². The number of aromatic nitrogens is 2. The molecule has 1 aromatic carbocycles. The summed E-state index contributed by atoms with van der Waals surface area (Å²) in [4.78, 5) is 17.3. The third kappa shape index (κ3) is 4.77. The van der Waals surface area contributed by atoms with Crippen LogP contribution in [0, 0.1) is 10.1 Å². The summed E-state index contributed by atoms with van der Waals surface area (Å²) in [5.41, 5.74) is 3.44. The second kappa shape index (κ2) is 7.97. The Hall–Kier alpha value is -2.59. The lowest BCUT2D eigenvalue weighted by atomic mass is 10.1. The molecule has 0 radical (unpaired) electrons. The van der Waals surface area contributed by atoms with Crippen molar-refractivity contribution in [3.63, 3.8) is 0 Å². The van der Waals surface area contributed by atoms with E-state index in [-0.39, 0.29) is 18.1 Å². The zero-order valence-electron chi connectivity index (χ0n) is 14.8. The van der Waals surface area contributed by atoms with Crippen LogP contribution < -0.4 is 10.4 Å². The van der Waals surface area contributed by atoms with Crippen molar-refractivity contribution in [1.82, 2.24) is 15.3 Å². The molecule has 2 heterocycles. The summed E-state index contributed by atoms with van der Waals surface area (Å²) in [7, 11) is 1.50. The first-order valence-electron chi connectivity index (χ1n) is 8.57. The largest absolute Gasteiger partial charge is 0.345 e. The smallest absolute Gasteiger partial charge is 0.331 e. The Bertz CT molecular complexity index is 784. The lowest BCUT2D eigenvalue weighted by Gasteiger charge is -2.24. The van der Waals surface area contributed by atoms with Crippen molar-refractivity contribution in [3.05, 3.63) is 52.2 Å². The molecule has 10 heteroatoms. The first-order chi connectivity index (χ1) is 12.9. The Morgan fingerprint density at radius 2 is 2.15 bits per heavy atom. The maximum Gasteiger partial charge on any atom is 0.331 e. The molecule has 1 aliphatic heterocycles. The highest BCUT2D eigenvalue weighted by Gasteiger charge is 2.41. The van der Waals surface area contributed by atoms with Crippen molar-refractivity contribution >= 4 is 11.5 Å². The van der Waals surface area contributed by atoms with Gasteiger partial charge in [0.05, 0.1) is 17.6 Å². The zero-order valence-corrected chi connectivity index (χ0v) is 14.8. The number of aryl methyl sites for hydroxylation is 1. The monoisotopic (exact) mass is 381 g/mol. The minimum absolute atomic E-state index is 0.0811. The second-order valence-electron chi connectivity index (χ2n) is 6.55. The molecule has 2 aromatic rings. The van der Waals surface area contributed by atoms with E-state index in [1.165, 1.54) is 16.6 Å². The van der Waals surface area contributed by atoms with Gasteiger partial charge in [-0.1, -0.05) is 30.3 Å². The summed E-state index contributed by atoms with van der Waals surface area (Å²) in [6.45, 7) is -0.0145. The number of rotatable bonds is 6. The molecule has 0 spiro atoms. The number of benzene rings is 1. The van der Waals surface area contributed by atoms with Crippen molar-refractivity contribution < 1.29 is 18.5 Å². The van der Waals surface area contributed by atoms with Gasteiger partial charge in [-0.3, -0.25) is 15.0 Å². The van der Waals surface area contributed by atoms with Gasteiger partial charge in [0.15, 0.2) is 0 Å². The molecular weight excluding hydrogens is 360 g/mol. The van der Waals surface area contributed by atoms with Crippen LogP contribution in [0.15, 0.2) is 36.5 Å². The Morgan fingerprint density at radius 3 is 2.85 bits per heavy atom. The van der Waals surface area contributed by atoms with E-state index in [9.17, 15) is 18.9 Å². The third-order valence-corrected chi connectivity index (χ3v) is 4.42. The van der Waals surface area contributed by atoms with E-state index in [2.05, 4.69) is 10.6 Å². The second-order valence-corrected chi connectivity index (χ2v) is 6.55. The van der Waals surface area contributed by atoms with Crippen LogP contribution in [0.4, 0.5) is 20.3 Å². The topological polar surface area (TPSA) is 85.5 Å². The summed E-state index contributed by atoms with van der Waals surface area (Å²) in [5.74, 6) is -2.97. The predicted molar refractivity (Wildman–Crippen MR) is 94.4 cm³/mol. The Labute approximate surface area is 154 Å². The molecule has 146 valence electrons. The molecule has 0 amide bonds. The fourth-order valence-electron chi connectivity index (χ4n) is 3.19. The van der Waals surface area contributed by atoms with Crippen LogP contribution in [0.5, 0.6) is 0 Å². The number of hydroxylamine groups is 1. The number of halogens is 2. The lowest BCUT2D eigenvalue weighted by Crippen LogP contribution is -2.37. The van der Waals surface area contributed by atoms with Gasteiger partial charge in [-0.15, -0.1) is 0 Å². The molecule has 0 aliphatic carbocycles. The van der Waals surface area contributed by atoms with Crippen LogP contribution in [-0.2, 0) is 18.4 Å². The minimum atomic E-state index is -3.05. The number of nitro groups is 1. The van der Waals surface area contributed by atoms with Gasteiger partial charge < -0.3 is 4.90 Å². The quantitative estimate of drug-likeness (QED) is 0.612. The van der Waals surface area contributed by atoms with E-state index in [1.807, 2.05) is 30.3 Å². The van der Waals surface area contributed by atoms with E-state index in [4.69, 9.17) is 4.84 Å². The molecule has 3 rings (SSSR count). The van der Waals surface area contributed by atoms with Crippen LogP contribution in [0.1, 0.15) is 18.4 Å². The van der Waals surface area contributed by atoms with E-state index in [0.29, 0.717) is 13.0 Å². The van der Waals surface area contributed by atoms with Gasteiger partial charge in [-0.05, 0) is 12.0 Å². The highest BCUT2D eigenvalue weighted by molar-refractivity contribution is 5.57. The molecule has 1 fully saturated rings. The van der Waals surface area contributed by atoms with Crippen LogP contribution in [0.3, 0.4) is 0 Å². The fourth-order valence-corrected chi connectivity index (χ4v) is 3.19. The molecule has 0 bridgehead atoms. The zero-order chi connectivity index (χ0) is 19.4. The molecule has 1 aliphatic rings. The standard InChI is InChI=1S/C17H21F2N5O3/c1-22-16(15(11-20-22)24(25)26)23-8-7-14(9-17(18,19)12-23)27-21-10-13-5-3-2-4-6-13/h2-6,11,14,21H,7-10,12H2,1H3. The first kappa shape index (κ1) is 19.2. The molecule has 0 saturated carbocycles. The molecule has 1 atom stereocenters. The fraction of sp³-hybridized carbons (Fsp3) is 0.471. The predicted octanol–water partition coefficient (Wildman–Crippen LogP) is 2.65. The van der Waals surface area contributed by atoms with Crippen LogP contribution >= 0.6 is 0 Å². The number of alkyl halides is 2. The Balaban J connectivity index is 1.66. The minimum Gasteiger partial charge on any atom is -0.345 e.